The number of hydrogen-bond donors (Lipinski definition) is 0. The fourth-order valence-corrected chi connectivity index (χ4v) is 3.63. The first-order valence-electron chi connectivity index (χ1n) is 4.96. The molecule has 0 aromatic rings. The van der Waals surface area contributed by atoms with E-state index in [1.54, 1.807) is 0 Å². The molecule has 0 heterocycles. The van der Waals surface area contributed by atoms with Crippen molar-refractivity contribution in [3.8, 4) is 0 Å². The number of hydrogen-bond acceptors (Lipinski definition) is 0. The van der Waals surface area contributed by atoms with Gasteiger partial charge >= 0.3 is 0 Å². The van der Waals surface area contributed by atoms with Crippen molar-refractivity contribution in [2.75, 3.05) is 0 Å². The molecule has 72 valence electrons. The van der Waals surface area contributed by atoms with E-state index < -0.39 is 6.69 Å². The van der Waals surface area contributed by atoms with E-state index in [2.05, 4.69) is 0 Å². The molecule has 0 atom stereocenters. The lowest BCUT2D eigenvalue weighted by molar-refractivity contribution is 0.496. The fourth-order valence-electron chi connectivity index (χ4n) is 2.00. The SMILES string of the molecule is C[Si](Cl)(Cl)CCCC1CCCC1. The molecule has 1 aliphatic carbocycles. The molecule has 1 aliphatic rings. The average molecular weight is 225 g/mol. The molecule has 0 spiro atoms. The lowest BCUT2D eigenvalue weighted by atomic mass is 10.0. The molecule has 12 heavy (non-hydrogen) atoms. The molecule has 0 unspecified atom stereocenters. The summed E-state index contributed by atoms with van der Waals surface area (Å²) in [4.78, 5) is 0. The summed E-state index contributed by atoms with van der Waals surface area (Å²) in [5, 5.41) is 0. The third-order valence-corrected chi connectivity index (χ3v) is 5.07. The van der Waals surface area contributed by atoms with Crippen LogP contribution in [-0.2, 0) is 0 Å². The van der Waals surface area contributed by atoms with Crippen molar-refractivity contribution in [1.82, 2.24) is 0 Å². The minimum absolute atomic E-state index is 0.995. The molecular formula is C9H18Cl2Si. The summed E-state index contributed by atoms with van der Waals surface area (Å²) in [5.74, 6) is 0.995. The Bertz CT molecular complexity index is 125. The van der Waals surface area contributed by atoms with Gasteiger partial charge in [-0.15, -0.1) is 22.2 Å². The first kappa shape index (κ1) is 10.9. The monoisotopic (exact) mass is 224 g/mol. The molecule has 0 saturated heterocycles. The van der Waals surface area contributed by atoms with Crippen LogP contribution in [0.25, 0.3) is 0 Å². The van der Waals surface area contributed by atoms with Gasteiger partial charge in [-0.3, -0.25) is 0 Å². The van der Waals surface area contributed by atoms with Gasteiger partial charge in [0.2, 0.25) is 6.69 Å². The zero-order valence-corrected chi connectivity index (χ0v) is 10.3. The Balaban J connectivity index is 2.02. The van der Waals surface area contributed by atoms with Gasteiger partial charge < -0.3 is 0 Å². The van der Waals surface area contributed by atoms with E-state index in [0.29, 0.717) is 0 Å². The minimum Gasteiger partial charge on any atom is -0.146 e. The highest BCUT2D eigenvalue weighted by atomic mass is 35.7. The lowest BCUT2D eigenvalue weighted by Crippen LogP contribution is -2.12. The topological polar surface area (TPSA) is 0 Å². The second kappa shape index (κ2) is 4.87. The minimum atomic E-state index is -1.78. The molecule has 1 saturated carbocycles. The van der Waals surface area contributed by atoms with Gasteiger partial charge in [-0.2, -0.15) is 0 Å². The van der Waals surface area contributed by atoms with Gasteiger partial charge in [-0.05, 0) is 18.5 Å². The largest absolute Gasteiger partial charge is 0.248 e. The van der Waals surface area contributed by atoms with Crippen LogP contribution >= 0.6 is 22.2 Å². The Morgan fingerprint density at radius 1 is 1.25 bits per heavy atom. The Morgan fingerprint density at radius 2 is 1.83 bits per heavy atom. The van der Waals surface area contributed by atoms with E-state index in [1.165, 1.54) is 38.5 Å². The van der Waals surface area contributed by atoms with Gasteiger partial charge in [-0.1, -0.05) is 38.5 Å². The van der Waals surface area contributed by atoms with Gasteiger partial charge in [0.05, 0.1) is 0 Å². The summed E-state index contributed by atoms with van der Waals surface area (Å²) in [6.07, 6.45) is 8.40. The van der Waals surface area contributed by atoms with E-state index in [-0.39, 0.29) is 0 Å². The maximum absolute atomic E-state index is 6.02. The quantitative estimate of drug-likeness (QED) is 0.488. The van der Waals surface area contributed by atoms with E-state index in [4.69, 9.17) is 22.2 Å². The van der Waals surface area contributed by atoms with Crippen LogP contribution in [0.5, 0.6) is 0 Å². The molecule has 0 aliphatic heterocycles. The predicted octanol–water partition coefficient (Wildman–Crippen LogP) is 4.51. The van der Waals surface area contributed by atoms with Crippen molar-refractivity contribution in [3.63, 3.8) is 0 Å². The molecule has 1 fully saturated rings. The Morgan fingerprint density at radius 3 is 2.33 bits per heavy atom. The number of rotatable bonds is 4. The first-order valence-corrected chi connectivity index (χ1v) is 9.69. The van der Waals surface area contributed by atoms with E-state index in [9.17, 15) is 0 Å². The normalized spacial score (nSPS) is 20.2. The van der Waals surface area contributed by atoms with Crippen molar-refractivity contribution in [2.45, 2.75) is 51.1 Å². The Labute approximate surface area is 86.1 Å². The summed E-state index contributed by atoms with van der Waals surface area (Å²) < 4.78 is 0. The van der Waals surface area contributed by atoms with Gasteiger partial charge in [-0.25, -0.2) is 0 Å². The van der Waals surface area contributed by atoms with Crippen LogP contribution in [0.2, 0.25) is 12.6 Å². The molecule has 0 nitrogen and oxygen atoms in total. The third kappa shape index (κ3) is 4.73. The zero-order chi connectivity index (χ0) is 9.03. The van der Waals surface area contributed by atoms with Crippen molar-refractivity contribution in [2.24, 2.45) is 5.92 Å². The summed E-state index contributed by atoms with van der Waals surface area (Å²) >= 11 is 12.0. The molecule has 0 amide bonds. The third-order valence-electron chi connectivity index (χ3n) is 2.70. The van der Waals surface area contributed by atoms with Gasteiger partial charge in [0.1, 0.15) is 0 Å². The lowest BCUT2D eigenvalue weighted by Gasteiger charge is -2.12. The van der Waals surface area contributed by atoms with Crippen LogP contribution in [0.4, 0.5) is 0 Å². The van der Waals surface area contributed by atoms with E-state index in [0.717, 1.165) is 12.0 Å². The van der Waals surface area contributed by atoms with Gasteiger partial charge in [0.25, 0.3) is 0 Å². The smallest absolute Gasteiger partial charge is 0.146 e. The van der Waals surface area contributed by atoms with Crippen LogP contribution < -0.4 is 0 Å². The van der Waals surface area contributed by atoms with Crippen LogP contribution in [0.1, 0.15) is 38.5 Å². The average Bonchev–Trinajstić information content (AvgIpc) is 2.36. The predicted molar refractivity (Wildman–Crippen MR) is 59.3 cm³/mol. The molecule has 0 bridgehead atoms. The summed E-state index contributed by atoms with van der Waals surface area (Å²) in [6.45, 7) is 0.234. The maximum atomic E-state index is 6.02. The number of halogens is 2. The Kier molecular flexibility index (Phi) is 4.42. The van der Waals surface area contributed by atoms with Gasteiger partial charge in [0, 0.05) is 0 Å². The highest BCUT2D eigenvalue weighted by Crippen LogP contribution is 2.31. The van der Waals surface area contributed by atoms with Crippen molar-refractivity contribution in [3.05, 3.63) is 0 Å². The van der Waals surface area contributed by atoms with Crippen LogP contribution in [0.3, 0.4) is 0 Å². The maximum Gasteiger partial charge on any atom is 0.248 e. The molecule has 0 aromatic heterocycles. The summed E-state index contributed by atoms with van der Waals surface area (Å²) in [7, 11) is 0. The second-order valence-corrected chi connectivity index (χ2v) is 12.3. The molecular weight excluding hydrogens is 207 g/mol. The van der Waals surface area contributed by atoms with E-state index >= 15 is 0 Å². The Hall–Kier alpha value is 0.797. The highest BCUT2D eigenvalue weighted by Gasteiger charge is 2.21. The second-order valence-electron chi connectivity index (χ2n) is 4.11. The van der Waals surface area contributed by atoms with Crippen molar-refractivity contribution < 1.29 is 0 Å². The standard InChI is InChI=1S/C9H18Cl2Si/c1-12(10,11)8-4-7-9-5-2-3-6-9/h9H,2-8H2,1H3. The molecule has 0 aromatic carbocycles. The molecule has 3 heteroatoms. The van der Waals surface area contributed by atoms with E-state index in [1.807, 2.05) is 6.55 Å². The highest BCUT2D eigenvalue weighted by molar-refractivity contribution is 7.44. The van der Waals surface area contributed by atoms with Crippen molar-refractivity contribution in [1.29, 1.82) is 0 Å². The molecule has 1 rings (SSSR count). The van der Waals surface area contributed by atoms with Crippen LogP contribution in [-0.4, -0.2) is 6.69 Å². The van der Waals surface area contributed by atoms with Crippen LogP contribution in [0.15, 0.2) is 0 Å². The molecule has 0 radical (unpaired) electrons. The van der Waals surface area contributed by atoms with Crippen molar-refractivity contribution >= 4 is 28.9 Å². The van der Waals surface area contributed by atoms with Gasteiger partial charge in [0.15, 0.2) is 0 Å². The molecule has 0 N–H and O–H groups in total. The summed E-state index contributed by atoms with van der Waals surface area (Å²) in [5.41, 5.74) is 0. The van der Waals surface area contributed by atoms with Crippen LogP contribution in [0, 0.1) is 5.92 Å². The fraction of sp³-hybridized carbons (Fsp3) is 1.00. The summed E-state index contributed by atoms with van der Waals surface area (Å²) in [6, 6.07) is 1.08. The first-order chi connectivity index (χ1) is 5.58. The zero-order valence-electron chi connectivity index (χ0n) is 7.78.